The van der Waals surface area contributed by atoms with Crippen LogP contribution in [0.15, 0.2) is 29.0 Å². The van der Waals surface area contributed by atoms with Crippen molar-refractivity contribution in [1.82, 2.24) is 20.3 Å². The van der Waals surface area contributed by atoms with Crippen LogP contribution in [-0.4, -0.2) is 26.9 Å². The molecule has 1 N–H and O–H groups in total. The second-order valence-corrected chi connectivity index (χ2v) is 5.50. The molecule has 1 aliphatic rings. The lowest BCUT2D eigenvalue weighted by atomic mass is 9.91. The number of rotatable bonds is 4. The Morgan fingerprint density at radius 3 is 2.86 bits per heavy atom. The first kappa shape index (κ1) is 13.9. The van der Waals surface area contributed by atoms with Crippen molar-refractivity contribution < 1.29 is 9.32 Å². The molecular formula is C15H20N4O2. The average molecular weight is 288 g/mol. The zero-order valence-corrected chi connectivity index (χ0v) is 12.2. The van der Waals surface area contributed by atoms with Crippen molar-refractivity contribution >= 4 is 5.91 Å². The minimum Gasteiger partial charge on any atom is -0.361 e. The van der Waals surface area contributed by atoms with Crippen LogP contribution in [0.25, 0.3) is 0 Å². The maximum absolute atomic E-state index is 12.1. The molecule has 0 atom stereocenters. The molecule has 1 saturated carbocycles. The summed E-state index contributed by atoms with van der Waals surface area (Å²) in [6, 6.07) is 4.33. The summed E-state index contributed by atoms with van der Waals surface area (Å²) in [5.74, 6) is 0.600. The predicted octanol–water partition coefficient (Wildman–Crippen LogP) is 2.35. The minimum absolute atomic E-state index is 0.138. The van der Waals surface area contributed by atoms with Crippen molar-refractivity contribution in [2.45, 2.75) is 51.1 Å². The summed E-state index contributed by atoms with van der Waals surface area (Å²) in [4.78, 5) is 12.1. The molecule has 0 aromatic carbocycles. The van der Waals surface area contributed by atoms with Gasteiger partial charge in [0.25, 0.3) is 5.91 Å². The van der Waals surface area contributed by atoms with Crippen molar-refractivity contribution in [3.63, 3.8) is 0 Å². The average Bonchev–Trinajstić information content (AvgIpc) is 3.19. The van der Waals surface area contributed by atoms with E-state index >= 15 is 0 Å². The quantitative estimate of drug-likeness (QED) is 0.937. The fourth-order valence-electron chi connectivity index (χ4n) is 2.83. The van der Waals surface area contributed by atoms with Crippen LogP contribution in [0.3, 0.4) is 0 Å². The number of aryl methyl sites for hydroxylation is 1. The highest BCUT2D eigenvalue weighted by Gasteiger charge is 2.24. The summed E-state index contributed by atoms with van der Waals surface area (Å²) in [5, 5.41) is 11.1. The van der Waals surface area contributed by atoms with Gasteiger partial charge in [-0.15, -0.1) is 0 Å². The van der Waals surface area contributed by atoms with Crippen LogP contribution < -0.4 is 5.32 Å². The normalized spacial score (nSPS) is 22.1. The molecule has 0 radical (unpaired) electrons. The molecule has 2 heterocycles. The number of nitrogens with zero attached hydrogens (tertiary/aromatic N) is 3. The molecule has 0 spiro atoms. The molecule has 2 aromatic rings. The van der Waals surface area contributed by atoms with Crippen molar-refractivity contribution in [1.29, 1.82) is 0 Å². The van der Waals surface area contributed by atoms with E-state index in [0.29, 0.717) is 11.7 Å². The number of amides is 1. The summed E-state index contributed by atoms with van der Waals surface area (Å²) in [6.45, 7) is 1.97. The molecule has 6 nitrogen and oxygen atoms in total. The lowest BCUT2D eigenvalue weighted by molar-refractivity contribution is 0.0912. The molecule has 6 heteroatoms. The van der Waals surface area contributed by atoms with Crippen molar-refractivity contribution in [2.75, 3.05) is 0 Å². The standard InChI is InChI=1S/C15H20N4O2/c1-2-13-10-14(18-21-13)15(20)17-11-4-6-12(7-5-11)19-9-3-8-16-19/h3,8-12H,2,4-7H2,1H3,(H,17,20). The smallest absolute Gasteiger partial charge is 0.273 e. The Morgan fingerprint density at radius 2 is 2.24 bits per heavy atom. The van der Waals surface area contributed by atoms with Gasteiger partial charge in [-0.05, 0) is 31.7 Å². The second kappa shape index (κ2) is 6.11. The molecule has 0 saturated heterocycles. The highest BCUT2D eigenvalue weighted by atomic mass is 16.5. The lowest BCUT2D eigenvalue weighted by Gasteiger charge is -2.29. The van der Waals surface area contributed by atoms with Gasteiger partial charge < -0.3 is 9.84 Å². The number of aromatic nitrogens is 3. The Kier molecular flexibility index (Phi) is 4.03. The first-order valence-electron chi connectivity index (χ1n) is 7.52. The largest absolute Gasteiger partial charge is 0.361 e. The van der Waals surface area contributed by atoms with E-state index in [2.05, 4.69) is 15.6 Å². The van der Waals surface area contributed by atoms with Gasteiger partial charge in [-0.2, -0.15) is 5.10 Å². The first-order chi connectivity index (χ1) is 10.3. The monoisotopic (exact) mass is 288 g/mol. The molecule has 0 bridgehead atoms. The second-order valence-electron chi connectivity index (χ2n) is 5.50. The third-order valence-corrected chi connectivity index (χ3v) is 4.07. The van der Waals surface area contributed by atoms with Gasteiger partial charge in [0.1, 0.15) is 5.76 Å². The van der Waals surface area contributed by atoms with Gasteiger partial charge in [0, 0.05) is 30.9 Å². The van der Waals surface area contributed by atoms with Crippen LogP contribution in [0, 0.1) is 0 Å². The summed E-state index contributed by atoms with van der Waals surface area (Å²) < 4.78 is 7.08. The number of carbonyl (C=O) groups is 1. The maximum atomic E-state index is 12.1. The minimum atomic E-state index is -0.138. The number of hydrogen-bond donors (Lipinski definition) is 1. The van der Waals surface area contributed by atoms with E-state index < -0.39 is 0 Å². The van der Waals surface area contributed by atoms with E-state index in [1.807, 2.05) is 30.1 Å². The molecule has 1 amide bonds. The van der Waals surface area contributed by atoms with Gasteiger partial charge in [0.15, 0.2) is 5.69 Å². The van der Waals surface area contributed by atoms with Crippen LogP contribution in [0.4, 0.5) is 0 Å². The fraction of sp³-hybridized carbons (Fsp3) is 0.533. The van der Waals surface area contributed by atoms with Gasteiger partial charge in [0.05, 0.1) is 6.04 Å². The maximum Gasteiger partial charge on any atom is 0.273 e. The number of carbonyl (C=O) groups excluding carboxylic acids is 1. The van der Waals surface area contributed by atoms with E-state index in [1.165, 1.54) is 0 Å². The number of hydrogen-bond acceptors (Lipinski definition) is 4. The SMILES string of the molecule is CCc1cc(C(=O)NC2CCC(n3cccn3)CC2)no1. The van der Waals surface area contributed by atoms with Gasteiger partial charge in [-0.1, -0.05) is 12.1 Å². The lowest BCUT2D eigenvalue weighted by Crippen LogP contribution is -2.38. The van der Waals surface area contributed by atoms with Crippen molar-refractivity contribution in [3.05, 3.63) is 36.0 Å². The Labute approximate surface area is 123 Å². The predicted molar refractivity (Wildman–Crippen MR) is 76.9 cm³/mol. The third kappa shape index (κ3) is 3.15. The van der Waals surface area contributed by atoms with Crippen LogP contribution in [0.1, 0.15) is 54.9 Å². The molecule has 112 valence electrons. The zero-order chi connectivity index (χ0) is 14.7. The van der Waals surface area contributed by atoms with Crippen molar-refractivity contribution in [3.8, 4) is 0 Å². The van der Waals surface area contributed by atoms with Crippen LogP contribution in [-0.2, 0) is 6.42 Å². The number of nitrogens with one attached hydrogen (secondary N) is 1. The van der Waals surface area contributed by atoms with Crippen molar-refractivity contribution in [2.24, 2.45) is 0 Å². The van der Waals surface area contributed by atoms with Crippen LogP contribution >= 0.6 is 0 Å². The highest BCUT2D eigenvalue weighted by Crippen LogP contribution is 2.27. The van der Waals surface area contributed by atoms with Gasteiger partial charge >= 0.3 is 0 Å². The molecule has 1 aliphatic carbocycles. The summed E-state index contributed by atoms with van der Waals surface area (Å²) in [6.07, 6.45) is 8.56. The summed E-state index contributed by atoms with van der Waals surface area (Å²) in [7, 11) is 0. The zero-order valence-electron chi connectivity index (χ0n) is 12.2. The molecule has 1 fully saturated rings. The highest BCUT2D eigenvalue weighted by molar-refractivity contribution is 5.92. The van der Waals surface area contributed by atoms with Crippen LogP contribution in [0.5, 0.6) is 0 Å². The van der Waals surface area contributed by atoms with E-state index in [0.717, 1.165) is 37.9 Å². The molecular weight excluding hydrogens is 268 g/mol. The Bertz CT molecular complexity index is 583. The topological polar surface area (TPSA) is 73.0 Å². The molecule has 2 aromatic heterocycles. The summed E-state index contributed by atoms with van der Waals surface area (Å²) in [5.41, 5.74) is 0.376. The molecule has 0 aliphatic heterocycles. The van der Waals surface area contributed by atoms with E-state index in [-0.39, 0.29) is 11.9 Å². The van der Waals surface area contributed by atoms with Gasteiger partial charge in [-0.3, -0.25) is 9.48 Å². The molecule has 0 unspecified atom stereocenters. The van der Waals surface area contributed by atoms with Crippen LogP contribution in [0.2, 0.25) is 0 Å². The Hall–Kier alpha value is -2.11. The summed E-state index contributed by atoms with van der Waals surface area (Å²) >= 11 is 0. The first-order valence-corrected chi connectivity index (χ1v) is 7.52. The fourth-order valence-corrected chi connectivity index (χ4v) is 2.83. The van der Waals surface area contributed by atoms with E-state index in [4.69, 9.17) is 4.52 Å². The molecule has 3 rings (SSSR count). The van der Waals surface area contributed by atoms with E-state index in [1.54, 1.807) is 6.07 Å². The Balaban J connectivity index is 1.52. The van der Waals surface area contributed by atoms with E-state index in [9.17, 15) is 4.79 Å². The Morgan fingerprint density at radius 1 is 1.43 bits per heavy atom. The third-order valence-electron chi connectivity index (χ3n) is 4.07. The van der Waals surface area contributed by atoms with Gasteiger partial charge in [-0.25, -0.2) is 0 Å². The van der Waals surface area contributed by atoms with Gasteiger partial charge in [0.2, 0.25) is 0 Å². The molecule has 21 heavy (non-hydrogen) atoms.